The maximum absolute atomic E-state index is 13.2. The number of esters is 1. The molecule has 2 aliphatic rings. The highest BCUT2D eigenvalue weighted by atomic mass is 16.5. The monoisotopic (exact) mass is 382 g/mol. The zero-order valence-electron chi connectivity index (χ0n) is 16.8. The van der Waals surface area contributed by atoms with E-state index in [1.54, 1.807) is 18.7 Å². The molecule has 1 aliphatic carbocycles. The molecule has 2 rings (SSSR count). The Morgan fingerprint density at radius 3 is 2.52 bits per heavy atom. The first-order chi connectivity index (χ1) is 12.9. The number of nitrogens with zero attached hydrogens (tertiary/aromatic N) is 1. The van der Waals surface area contributed by atoms with E-state index in [2.05, 4.69) is 5.32 Å². The number of carboxylic acid groups (broad SMARTS) is 1. The van der Waals surface area contributed by atoms with Crippen LogP contribution in [-0.2, 0) is 19.1 Å². The Kier molecular flexibility index (Phi) is 8.07. The first-order valence-electron chi connectivity index (χ1n) is 10.4. The molecule has 1 aliphatic heterocycles. The van der Waals surface area contributed by atoms with Gasteiger partial charge in [0.2, 0.25) is 5.91 Å². The van der Waals surface area contributed by atoms with Gasteiger partial charge in [-0.25, -0.2) is 4.79 Å². The number of carboxylic acids is 1. The van der Waals surface area contributed by atoms with Gasteiger partial charge >= 0.3 is 11.9 Å². The fourth-order valence-electron chi connectivity index (χ4n) is 4.57. The molecule has 0 unspecified atom stereocenters. The van der Waals surface area contributed by atoms with Gasteiger partial charge < -0.3 is 14.7 Å². The molecule has 0 radical (unpaired) electrons. The summed E-state index contributed by atoms with van der Waals surface area (Å²) in [6.07, 6.45) is 7.01. The van der Waals surface area contributed by atoms with E-state index in [1.165, 1.54) is 0 Å². The predicted molar refractivity (Wildman–Crippen MR) is 101 cm³/mol. The van der Waals surface area contributed by atoms with E-state index in [9.17, 15) is 19.5 Å². The summed E-state index contributed by atoms with van der Waals surface area (Å²) >= 11 is 0. The van der Waals surface area contributed by atoms with E-state index in [0.717, 1.165) is 38.5 Å². The minimum absolute atomic E-state index is 0.00225. The molecule has 5 atom stereocenters. The van der Waals surface area contributed by atoms with E-state index in [-0.39, 0.29) is 23.8 Å². The van der Waals surface area contributed by atoms with Crippen molar-refractivity contribution < 1.29 is 24.2 Å². The summed E-state index contributed by atoms with van der Waals surface area (Å²) in [7, 11) is 0. The zero-order valence-corrected chi connectivity index (χ0v) is 16.8. The van der Waals surface area contributed by atoms with Crippen LogP contribution in [0.4, 0.5) is 0 Å². The highest BCUT2D eigenvalue weighted by Gasteiger charge is 2.47. The van der Waals surface area contributed by atoms with E-state index in [0.29, 0.717) is 19.4 Å². The molecule has 2 fully saturated rings. The van der Waals surface area contributed by atoms with Crippen molar-refractivity contribution in [3.8, 4) is 0 Å². The van der Waals surface area contributed by atoms with Crippen LogP contribution in [0.2, 0.25) is 0 Å². The van der Waals surface area contributed by atoms with Crippen molar-refractivity contribution >= 4 is 17.8 Å². The normalized spacial score (nSPS) is 27.4. The lowest BCUT2D eigenvalue weighted by molar-refractivity contribution is -0.151. The Morgan fingerprint density at radius 1 is 1.19 bits per heavy atom. The van der Waals surface area contributed by atoms with Crippen LogP contribution >= 0.6 is 0 Å². The van der Waals surface area contributed by atoms with Crippen molar-refractivity contribution in [2.75, 3.05) is 6.61 Å². The van der Waals surface area contributed by atoms with Gasteiger partial charge in [-0.2, -0.15) is 0 Å². The van der Waals surface area contributed by atoms with E-state index < -0.39 is 24.1 Å². The van der Waals surface area contributed by atoms with Crippen LogP contribution in [0.3, 0.4) is 0 Å². The number of hydrogen-bond donors (Lipinski definition) is 2. The quantitative estimate of drug-likeness (QED) is 0.626. The molecule has 0 aromatic heterocycles. The second kappa shape index (κ2) is 10.1. The van der Waals surface area contributed by atoms with Gasteiger partial charge in [0.25, 0.3) is 0 Å². The van der Waals surface area contributed by atoms with Crippen LogP contribution in [0.1, 0.15) is 72.1 Å². The number of likely N-dealkylation sites (tertiary alicyclic amines) is 1. The summed E-state index contributed by atoms with van der Waals surface area (Å²) in [5.41, 5.74) is 0. The van der Waals surface area contributed by atoms with Crippen molar-refractivity contribution in [2.24, 2.45) is 5.92 Å². The molecule has 0 aromatic rings. The molecule has 1 amide bonds. The minimum Gasteiger partial charge on any atom is -0.480 e. The van der Waals surface area contributed by atoms with Gasteiger partial charge in [-0.05, 0) is 45.4 Å². The molecule has 1 saturated carbocycles. The summed E-state index contributed by atoms with van der Waals surface area (Å²) in [6.45, 7) is 5.73. The third kappa shape index (κ3) is 5.21. The van der Waals surface area contributed by atoms with Crippen LogP contribution in [-0.4, -0.2) is 58.6 Å². The molecule has 0 aromatic carbocycles. The third-order valence-electron chi connectivity index (χ3n) is 5.85. The van der Waals surface area contributed by atoms with Crippen molar-refractivity contribution in [1.82, 2.24) is 10.2 Å². The van der Waals surface area contributed by atoms with Gasteiger partial charge in [0.1, 0.15) is 12.1 Å². The van der Waals surface area contributed by atoms with E-state index in [4.69, 9.17) is 4.74 Å². The van der Waals surface area contributed by atoms with Crippen molar-refractivity contribution in [3.63, 3.8) is 0 Å². The summed E-state index contributed by atoms with van der Waals surface area (Å²) in [5, 5.41) is 12.8. The average Bonchev–Trinajstić information content (AvgIpc) is 2.83. The number of hydrogen-bond acceptors (Lipinski definition) is 5. The Balaban J connectivity index is 2.13. The maximum Gasteiger partial charge on any atom is 0.326 e. The highest BCUT2D eigenvalue weighted by Crippen LogP contribution is 2.39. The molecule has 154 valence electrons. The number of ether oxygens (including phenoxy) is 1. The summed E-state index contributed by atoms with van der Waals surface area (Å²) in [4.78, 5) is 38.7. The number of carbonyl (C=O) groups excluding carboxylic acids is 2. The van der Waals surface area contributed by atoms with Gasteiger partial charge in [-0.3, -0.25) is 14.9 Å². The molecule has 2 N–H and O–H groups in total. The Bertz CT molecular complexity index is 538. The Hall–Kier alpha value is -1.63. The van der Waals surface area contributed by atoms with Crippen molar-refractivity contribution in [3.05, 3.63) is 0 Å². The van der Waals surface area contributed by atoms with Crippen molar-refractivity contribution in [2.45, 2.75) is 96.3 Å². The lowest BCUT2D eigenvalue weighted by atomic mass is 9.94. The van der Waals surface area contributed by atoms with Gasteiger partial charge in [0.15, 0.2) is 0 Å². The molecule has 1 saturated heterocycles. The second-order valence-electron chi connectivity index (χ2n) is 7.78. The van der Waals surface area contributed by atoms with Gasteiger partial charge in [0, 0.05) is 6.04 Å². The largest absolute Gasteiger partial charge is 0.480 e. The fraction of sp³-hybridized carbons (Fsp3) is 0.850. The lowest BCUT2D eigenvalue weighted by Gasteiger charge is -2.33. The minimum atomic E-state index is -0.931. The van der Waals surface area contributed by atoms with Crippen LogP contribution in [0.15, 0.2) is 0 Å². The summed E-state index contributed by atoms with van der Waals surface area (Å²) in [5.74, 6) is -1.25. The first-order valence-corrected chi connectivity index (χ1v) is 10.4. The Morgan fingerprint density at radius 2 is 1.89 bits per heavy atom. The first kappa shape index (κ1) is 21.7. The second-order valence-corrected chi connectivity index (χ2v) is 7.78. The molecule has 1 heterocycles. The van der Waals surface area contributed by atoms with Gasteiger partial charge in [-0.1, -0.05) is 32.6 Å². The third-order valence-corrected chi connectivity index (χ3v) is 5.85. The highest BCUT2D eigenvalue weighted by molar-refractivity contribution is 5.88. The molecular formula is C20H34N2O5. The Labute approximate surface area is 161 Å². The summed E-state index contributed by atoms with van der Waals surface area (Å²) in [6, 6.07) is -1.95. The molecule has 7 nitrogen and oxygen atoms in total. The van der Waals surface area contributed by atoms with Gasteiger partial charge in [-0.15, -0.1) is 0 Å². The molecule has 7 heteroatoms. The average molecular weight is 383 g/mol. The zero-order chi connectivity index (χ0) is 20.0. The topological polar surface area (TPSA) is 95.9 Å². The summed E-state index contributed by atoms with van der Waals surface area (Å²) < 4.78 is 5.10. The number of nitrogens with one attached hydrogen (secondary N) is 1. The number of carbonyl (C=O) groups is 3. The van der Waals surface area contributed by atoms with E-state index >= 15 is 0 Å². The predicted octanol–water partition coefficient (Wildman–Crippen LogP) is 2.33. The van der Waals surface area contributed by atoms with Crippen LogP contribution in [0.5, 0.6) is 0 Å². The number of rotatable bonds is 8. The molecule has 0 spiro atoms. The SMILES string of the molecule is CCC[C@@H](N[C@H](C)C(=O)N1[C@H](C(=O)O)C[C@@H]2CCCCC[C@@H]21)C(=O)OCC. The van der Waals surface area contributed by atoms with Gasteiger partial charge in [0.05, 0.1) is 12.6 Å². The number of amides is 1. The van der Waals surface area contributed by atoms with Crippen LogP contribution in [0.25, 0.3) is 0 Å². The van der Waals surface area contributed by atoms with Crippen LogP contribution < -0.4 is 5.32 Å². The number of fused-ring (bicyclic) bond motifs is 1. The molecule has 0 bridgehead atoms. The standard InChI is InChI=1S/C20H34N2O5/c1-4-9-15(20(26)27-5-2)21-13(3)18(23)22-16-11-8-6-7-10-14(16)12-17(22)19(24)25/h13-17,21H,4-12H2,1-3H3,(H,24,25)/t13-,14+,15-,16+,17+/m1/s1. The van der Waals surface area contributed by atoms with Crippen LogP contribution in [0, 0.1) is 5.92 Å². The van der Waals surface area contributed by atoms with Crippen molar-refractivity contribution in [1.29, 1.82) is 0 Å². The fourth-order valence-corrected chi connectivity index (χ4v) is 4.57. The van der Waals surface area contributed by atoms with E-state index in [1.807, 2.05) is 6.92 Å². The number of aliphatic carboxylic acids is 1. The molecule has 27 heavy (non-hydrogen) atoms. The lowest BCUT2D eigenvalue weighted by Crippen LogP contribution is -2.55. The smallest absolute Gasteiger partial charge is 0.326 e. The maximum atomic E-state index is 13.2. The molecular weight excluding hydrogens is 348 g/mol.